The molecule has 11 heavy (non-hydrogen) atoms. The Morgan fingerprint density at radius 3 is 2.55 bits per heavy atom. The van der Waals surface area contributed by atoms with Crippen LogP contribution in [0.1, 0.15) is 11.7 Å². The number of aliphatic hydroxyl groups is 2. The smallest absolute Gasteiger partial charge is 0.104 e. The molecule has 0 saturated heterocycles. The lowest BCUT2D eigenvalue weighted by atomic mass is 10.2. The van der Waals surface area contributed by atoms with Crippen molar-refractivity contribution in [3.63, 3.8) is 0 Å². The van der Waals surface area contributed by atoms with E-state index in [1.54, 1.807) is 6.07 Å². The lowest BCUT2D eigenvalue weighted by Gasteiger charge is -2.03. The highest BCUT2D eigenvalue weighted by molar-refractivity contribution is 7.20. The fraction of sp³-hybridized carbons (Fsp3) is 0.333. The van der Waals surface area contributed by atoms with Gasteiger partial charge in [0.1, 0.15) is 10.4 Å². The average molecular weight is 213 g/mol. The minimum Gasteiger partial charge on any atom is -0.393 e. The van der Waals surface area contributed by atoms with Crippen molar-refractivity contribution in [1.29, 1.82) is 0 Å². The maximum atomic E-state index is 9.14. The molecule has 0 radical (unpaired) electrons. The zero-order chi connectivity index (χ0) is 8.43. The van der Waals surface area contributed by atoms with Gasteiger partial charge in [-0.3, -0.25) is 0 Å². The fourth-order valence-electron chi connectivity index (χ4n) is 0.679. The Hall–Kier alpha value is 0.200. The summed E-state index contributed by atoms with van der Waals surface area (Å²) in [6, 6.07) is 1.55. The number of aliphatic hydroxyl groups excluding tert-OH is 2. The van der Waals surface area contributed by atoms with E-state index in [9.17, 15) is 0 Å². The summed E-state index contributed by atoms with van der Waals surface area (Å²) in [6.07, 6.45) is -0.925. The van der Waals surface area contributed by atoms with E-state index in [4.69, 9.17) is 33.4 Å². The van der Waals surface area contributed by atoms with Crippen LogP contribution in [-0.2, 0) is 0 Å². The highest BCUT2D eigenvalue weighted by Gasteiger charge is 2.13. The Labute approximate surface area is 78.0 Å². The topological polar surface area (TPSA) is 40.5 Å². The third-order valence-corrected chi connectivity index (χ3v) is 2.73. The second-order valence-electron chi connectivity index (χ2n) is 1.98. The molecule has 1 rings (SSSR count). The zero-order valence-electron chi connectivity index (χ0n) is 5.42. The van der Waals surface area contributed by atoms with Gasteiger partial charge < -0.3 is 10.2 Å². The molecule has 0 fully saturated rings. The first-order valence-corrected chi connectivity index (χ1v) is 4.46. The summed E-state index contributed by atoms with van der Waals surface area (Å²) >= 11 is 12.5. The van der Waals surface area contributed by atoms with Gasteiger partial charge in [-0.2, -0.15) is 0 Å². The van der Waals surface area contributed by atoms with Gasteiger partial charge in [0, 0.05) is 5.56 Å². The molecule has 0 aliphatic heterocycles. The van der Waals surface area contributed by atoms with Gasteiger partial charge in [0.15, 0.2) is 0 Å². The largest absolute Gasteiger partial charge is 0.393 e. The summed E-state index contributed by atoms with van der Waals surface area (Å²) in [6.45, 7) is -0.340. The van der Waals surface area contributed by atoms with Crippen LogP contribution in [0.3, 0.4) is 0 Å². The molecule has 5 heteroatoms. The van der Waals surface area contributed by atoms with Gasteiger partial charge in [0.05, 0.1) is 10.9 Å². The molecule has 1 unspecified atom stereocenters. The summed E-state index contributed by atoms with van der Waals surface area (Å²) < 4.78 is 0.939. The molecule has 1 aromatic rings. The molecule has 0 amide bonds. The molecule has 0 spiro atoms. The van der Waals surface area contributed by atoms with Crippen LogP contribution in [-0.4, -0.2) is 16.8 Å². The number of rotatable bonds is 2. The van der Waals surface area contributed by atoms with E-state index < -0.39 is 6.10 Å². The standard InChI is InChI=1S/C6H6Cl2O2S/c7-5-1-3(4(10)2-9)6(8)11-5/h1,4,9-10H,2H2. The minimum absolute atomic E-state index is 0.340. The van der Waals surface area contributed by atoms with Crippen molar-refractivity contribution >= 4 is 34.5 Å². The molecule has 0 aliphatic carbocycles. The molecule has 0 bridgehead atoms. The first-order chi connectivity index (χ1) is 5.15. The maximum Gasteiger partial charge on any atom is 0.104 e. The Bertz CT molecular complexity index is 249. The Morgan fingerprint density at radius 1 is 1.55 bits per heavy atom. The monoisotopic (exact) mass is 212 g/mol. The van der Waals surface area contributed by atoms with Crippen LogP contribution >= 0.6 is 34.5 Å². The molecule has 0 aromatic carbocycles. The predicted octanol–water partition coefficient (Wildman–Crippen LogP) is 2.08. The Balaban J connectivity index is 2.93. The molecular weight excluding hydrogens is 207 g/mol. The lowest BCUT2D eigenvalue weighted by molar-refractivity contribution is 0.0960. The maximum absolute atomic E-state index is 9.14. The number of halogens is 2. The van der Waals surface area contributed by atoms with E-state index in [1.807, 2.05) is 0 Å². The Morgan fingerprint density at radius 2 is 2.18 bits per heavy atom. The van der Waals surface area contributed by atoms with Crippen molar-refractivity contribution < 1.29 is 10.2 Å². The van der Waals surface area contributed by atoms with Crippen LogP contribution in [0.2, 0.25) is 8.67 Å². The molecular formula is C6H6Cl2O2S. The fourth-order valence-corrected chi connectivity index (χ4v) is 2.25. The zero-order valence-corrected chi connectivity index (χ0v) is 7.75. The number of hydrogen-bond donors (Lipinski definition) is 2. The van der Waals surface area contributed by atoms with E-state index in [1.165, 1.54) is 11.3 Å². The van der Waals surface area contributed by atoms with Crippen LogP contribution in [0.4, 0.5) is 0 Å². The van der Waals surface area contributed by atoms with Crippen molar-refractivity contribution in [3.8, 4) is 0 Å². The summed E-state index contributed by atoms with van der Waals surface area (Å²) in [5, 5.41) is 17.7. The van der Waals surface area contributed by atoms with Gasteiger partial charge >= 0.3 is 0 Å². The lowest BCUT2D eigenvalue weighted by Crippen LogP contribution is -2.00. The van der Waals surface area contributed by atoms with Crippen LogP contribution < -0.4 is 0 Å². The molecule has 2 nitrogen and oxygen atoms in total. The molecule has 62 valence electrons. The van der Waals surface area contributed by atoms with Gasteiger partial charge in [-0.05, 0) is 6.07 Å². The number of thiophene rings is 1. The predicted molar refractivity (Wildman–Crippen MR) is 46.4 cm³/mol. The van der Waals surface area contributed by atoms with Crippen molar-refractivity contribution in [2.45, 2.75) is 6.10 Å². The number of hydrogen-bond acceptors (Lipinski definition) is 3. The quantitative estimate of drug-likeness (QED) is 0.789. The van der Waals surface area contributed by atoms with Crippen molar-refractivity contribution in [1.82, 2.24) is 0 Å². The van der Waals surface area contributed by atoms with Gasteiger partial charge in [0.2, 0.25) is 0 Å². The highest BCUT2D eigenvalue weighted by atomic mass is 35.5. The van der Waals surface area contributed by atoms with Gasteiger partial charge in [-0.1, -0.05) is 23.2 Å². The molecule has 1 atom stereocenters. The highest BCUT2D eigenvalue weighted by Crippen LogP contribution is 2.34. The van der Waals surface area contributed by atoms with Crippen molar-refractivity contribution in [2.75, 3.05) is 6.61 Å². The van der Waals surface area contributed by atoms with Crippen molar-refractivity contribution in [2.24, 2.45) is 0 Å². The SMILES string of the molecule is OCC(O)c1cc(Cl)sc1Cl. The molecule has 0 saturated carbocycles. The first kappa shape index (κ1) is 9.29. The Kier molecular flexibility index (Phi) is 3.16. The van der Waals surface area contributed by atoms with Gasteiger partial charge in [-0.15, -0.1) is 11.3 Å². The van der Waals surface area contributed by atoms with Crippen LogP contribution in [0.5, 0.6) is 0 Å². The third kappa shape index (κ3) is 2.07. The van der Waals surface area contributed by atoms with E-state index >= 15 is 0 Å². The summed E-state index contributed by atoms with van der Waals surface area (Å²) in [7, 11) is 0. The second kappa shape index (κ2) is 3.74. The van der Waals surface area contributed by atoms with Gasteiger partial charge in [-0.25, -0.2) is 0 Å². The van der Waals surface area contributed by atoms with E-state index in [-0.39, 0.29) is 6.61 Å². The van der Waals surface area contributed by atoms with E-state index in [0.717, 1.165) is 0 Å². The summed E-state index contributed by atoms with van der Waals surface area (Å²) in [5.74, 6) is 0. The van der Waals surface area contributed by atoms with Crippen molar-refractivity contribution in [3.05, 3.63) is 20.3 Å². The van der Waals surface area contributed by atoms with Crippen LogP contribution in [0.15, 0.2) is 6.07 Å². The first-order valence-electron chi connectivity index (χ1n) is 2.88. The summed E-state index contributed by atoms with van der Waals surface area (Å²) in [4.78, 5) is 0. The van der Waals surface area contributed by atoms with Gasteiger partial charge in [0.25, 0.3) is 0 Å². The van der Waals surface area contributed by atoms with Crippen LogP contribution in [0, 0.1) is 0 Å². The molecule has 2 N–H and O–H groups in total. The summed E-state index contributed by atoms with van der Waals surface area (Å²) in [5.41, 5.74) is 0.490. The van der Waals surface area contributed by atoms with E-state index in [2.05, 4.69) is 0 Å². The normalized spacial score (nSPS) is 13.5. The van der Waals surface area contributed by atoms with Crippen LogP contribution in [0.25, 0.3) is 0 Å². The van der Waals surface area contributed by atoms with E-state index in [0.29, 0.717) is 14.2 Å². The second-order valence-corrected chi connectivity index (χ2v) is 4.26. The molecule has 1 aromatic heterocycles. The minimum atomic E-state index is -0.925. The molecule has 0 aliphatic rings. The third-order valence-electron chi connectivity index (χ3n) is 1.21. The molecule has 1 heterocycles. The average Bonchev–Trinajstić information content (AvgIpc) is 2.28.